The molecule has 0 spiro atoms. The van der Waals surface area contributed by atoms with Gasteiger partial charge in [-0.15, -0.1) is 0 Å². The zero-order valence-electron chi connectivity index (χ0n) is 26.5. The van der Waals surface area contributed by atoms with Gasteiger partial charge in [0.15, 0.2) is 11.5 Å². The number of hydroxylamine groups is 2. The Kier molecular flexibility index (Phi) is 16.1. The van der Waals surface area contributed by atoms with Gasteiger partial charge < -0.3 is 9.84 Å². The first-order valence-corrected chi connectivity index (χ1v) is 16.9. The lowest BCUT2D eigenvalue weighted by Gasteiger charge is -2.10. The smallest absolute Gasteiger partial charge is 0.267 e. The van der Waals surface area contributed by atoms with Crippen LogP contribution in [0.3, 0.4) is 0 Å². The van der Waals surface area contributed by atoms with E-state index in [1.165, 1.54) is 78.8 Å². The minimum atomic E-state index is -3.90. The van der Waals surface area contributed by atoms with Crippen molar-refractivity contribution in [3.05, 3.63) is 120 Å². The van der Waals surface area contributed by atoms with E-state index in [2.05, 4.69) is 9.44 Å². The Hall–Kier alpha value is -5.55. The predicted octanol–water partition coefficient (Wildman–Crippen LogP) is 5.23. The number of sulfonamides is 1. The highest BCUT2D eigenvalue weighted by Crippen LogP contribution is 2.29. The van der Waals surface area contributed by atoms with Crippen LogP contribution in [0.15, 0.2) is 113 Å². The molecule has 13 nitrogen and oxygen atoms in total. The van der Waals surface area contributed by atoms with Gasteiger partial charge in [-0.2, -0.15) is 0 Å². The number of anilines is 2. The molecule has 0 bridgehead atoms. The second kappa shape index (κ2) is 20.0. The quantitative estimate of drug-likeness (QED) is 0.0617. The lowest BCUT2D eigenvalue weighted by Crippen LogP contribution is -2.15. The molecule has 4 aromatic rings. The predicted molar refractivity (Wildman–Crippen MR) is 184 cm³/mol. The molecule has 0 radical (unpaired) electrons. The molecule has 0 aliphatic rings. The normalized spacial score (nSPS) is 11.3. The number of methoxy groups -OCH3 is 1. The van der Waals surface area contributed by atoms with Gasteiger partial charge in [0.2, 0.25) is 0 Å². The summed E-state index contributed by atoms with van der Waals surface area (Å²) in [5.74, 6) is -1.88. The second-order valence-electron chi connectivity index (χ2n) is 9.11. The number of hydrogen-bond donors (Lipinski definition) is 7. The summed E-state index contributed by atoms with van der Waals surface area (Å²) < 4.78 is 60.4. The number of phenolic OH excluding ortho intramolecular Hbond substituents is 1. The highest BCUT2D eigenvalue weighted by molar-refractivity contribution is 7.92. The topological polar surface area (TPSA) is 203 Å². The highest BCUT2D eigenvalue weighted by Gasteiger charge is 2.15. The van der Waals surface area contributed by atoms with Gasteiger partial charge in [-0.1, -0.05) is 50.2 Å². The molecular weight excluding hydrogens is 680 g/mol. The number of phenols is 1. The molecule has 0 aromatic heterocycles. The molecule has 7 N–H and O–H groups in total. The number of ether oxygens (including phenoxy) is 1. The van der Waals surface area contributed by atoms with Crippen molar-refractivity contribution >= 4 is 56.4 Å². The standard InChI is InChI=1S/C16H16N2O6S.C15H13FN2O3S.C2H6/c1-24-15-7-6-12(10-14(15)19)18-25(22,23)13-4-2-3-11(9-13)5-8-16(20)17-21;16-13-6-1-2-7-14(13)18-22(21)12-5-3-4-11(10-12)8-9-15(19)17-20;1-2/h2-10,18-19,21H,1H3,(H,17,20);1-10,18,20H,(H,17,19);1-2H3/b8-5+;9-8+;. The van der Waals surface area contributed by atoms with E-state index in [-0.39, 0.29) is 27.8 Å². The van der Waals surface area contributed by atoms with E-state index in [4.69, 9.17) is 15.2 Å². The van der Waals surface area contributed by atoms with E-state index in [1.807, 2.05) is 13.8 Å². The van der Waals surface area contributed by atoms with Crippen molar-refractivity contribution < 1.29 is 46.9 Å². The fourth-order valence-corrected chi connectivity index (χ4v) is 5.64. The molecule has 4 rings (SSSR count). The molecule has 0 aliphatic carbocycles. The van der Waals surface area contributed by atoms with Crippen LogP contribution in [0.1, 0.15) is 25.0 Å². The van der Waals surface area contributed by atoms with Crippen LogP contribution in [-0.2, 0) is 30.6 Å². The molecule has 1 atom stereocenters. The average Bonchev–Trinajstić information content (AvgIpc) is 3.11. The zero-order valence-corrected chi connectivity index (χ0v) is 28.1. The maximum atomic E-state index is 13.5. The lowest BCUT2D eigenvalue weighted by atomic mass is 10.2. The summed E-state index contributed by atoms with van der Waals surface area (Å²) in [6.07, 6.45) is 4.99. The van der Waals surface area contributed by atoms with Crippen LogP contribution >= 0.6 is 0 Å². The number of rotatable bonds is 11. The zero-order chi connectivity index (χ0) is 36.4. The van der Waals surface area contributed by atoms with Crippen molar-refractivity contribution in [2.45, 2.75) is 23.6 Å². The van der Waals surface area contributed by atoms with Crippen LogP contribution in [0.5, 0.6) is 11.5 Å². The Balaban J connectivity index is 0.000000326. The number of nitrogens with one attached hydrogen (secondary N) is 4. The summed E-state index contributed by atoms with van der Waals surface area (Å²) in [4.78, 5) is 22.3. The van der Waals surface area contributed by atoms with E-state index in [9.17, 15) is 31.7 Å². The van der Waals surface area contributed by atoms with E-state index >= 15 is 0 Å². The average molecular weight is 715 g/mol. The maximum Gasteiger partial charge on any atom is 0.267 e. The van der Waals surface area contributed by atoms with Crippen molar-refractivity contribution in [1.29, 1.82) is 0 Å². The summed E-state index contributed by atoms with van der Waals surface area (Å²) in [6.45, 7) is 4.00. The van der Waals surface area contributed by atoms with E-state index in [1.54, 1.807) is 42.5 Å². The van der Waals surface area contributed by atoms with Crippen LogP contribution in [0, 0.1) is 5.82 Å². The van der Waals surface area contributed by atoms with Gasteiger partial charge in [0.05, 0.1) is 28.3 Å². The second-order valence-corrected chi connectivity index (χ2v) is 12.0. The molecule has 0 aliphatic heterocycles. The van der Waals surface area contributed by atoms with Crippen LogP contribution in [0.25, 0.3) is 12.2 Å². The monoisotopic (exact) mass is 714 g/mol. The summed E-state index contributed by atoms with van der Waals surface area (Å²) in [5.41, 5.74) is 4.28. The number of carbonyl (C=O) groups excluding carboxylic acids is 2. The number of carbonyl (C=O) groups is 2. The SMILES string of the molecule is CC.COc1ccc(NS(=O)(=O)c2cccc(/C=C/C(=O)NO)c2)cc1O.O=C(/C=C/c1cccc(S(=O)Nc2ccccc2F)c1)NO. The van der Waals surface area contributed by atoms with Crippen molar-refractivity contribution in [3.8, 4) is 11.5 Å². The van der Waals surface area contributed by atoms with Gasteiger partial charge in [0.1, 0.15) is 16.8 Å². The van der Waals surface area contributed by atoms with Crippen LogP contribution in [0.2, 0.25) is 0 Å². The summed E-state index contributed by atoms with van der Waals surface area (Å²) in [5, 5.41) is 26.6. The molecule has 1 unspecified atom stereocenters. The van der Waals surface area contributed by atoms with Gasteiger partial charge in [-0.05, 0) is 71.8 Å². The molecule has 4 aromatic carbocycles. The highest BCUT2D eigenvalue weighted by atomic mass is 32.2. The molecule has 0 saturated carbocycles. The van der Waals surface area contributed by atoms with Crippen molar-refractivity contribution in [2.24, 2.45) is 0 Å². The number of amides is 2. The van der Waals surface area contributed by atoms with Crippen molar-refractivity contribution in [1.82, 2.24) is 11.0 Å². The Morgan fingerprint density at radius 2 is 1.41 bits per heavy atom. The molecule has 49 heavy (non-hydrogen) atoms. The Morgan fingerprint density at radius 1 is 0.816 bits per heavy atom. The Morgan fingerprint density at radius 3 is 1.98 bits per heavy atom. The third-order valence-corrected chi connectivity index (χ3v) is 8.29. The molecule has 0 saturated heterocycles. The number of hydrogen-bond acceptors (Lipinski definition) is 9. The van der Waals surface area contributed by atoms with Gasteiger partial charge in [0.25, 0.3) is 21.8 Å². The fraction of sp³-hybridized carbons (Fsp3) is 0.0909. The maximum absolute atomic E-state index is 13.5. The largest absolute Gasteiger partial charge is 0.504 e. The molecular formula is C33H35FN4O9S2. The Labute approximate surface area is 285 Å². The molecule has 16 heteroatoms. The fourth-order valence-electron chi connectivity index (χ4n) is 3.61. The van der Waals surface area contributed by atoms with Crippen LogP contribution in [-0.4, -0.2) is 47.1 Å². The number of para-hydroxylation sites is 1. The molecule has 2 amide bonds. The number of aromatic hydroxyl groups is 1. The van der Waals surface area contributed by atoms with Gasteiger partial charge >= 0.3 is 0 Å². The lowest BCUT2D eigenvalue weighted by molar-refractivity contribution is -0.124. The summed E-state index contributed by atoms with van der Waals surface area (Å²) in [6, 6.07) is 22.5. The minimum Gasteiger partial charge on any atom is -0.504 e. The third-order valence-electron chi connectivity index (χ3n) is 5.82. The first kappa shape index (κ1) is 39.6. The van der Waals surface area contributed by atoms with Gasteiger partial charge in [-0.3, -0.25) is 29.4 Å². The van der Waals surface area contributed by atoms with E-state index in [0.29, 0.717) is 16.0 Å². The number of benzene rings is 4. The summed E-state index contributed by atoms with van der Waals surface area (Å²) >= 11 is 0. The van der Waals surface area contributed by atoms with Gasteiger partial charge in [-0.25, -0.2) is 28.0 Å². The molecule has 0 fully saturated rings. The third kappa shape index (κ3) is 12.9. The number of halogens is 1. The Bertz CT molecular complexity index is 1920. The van der Waals surface area contributed by atoms with E-state index < -0.39 is 38.6 Å². The van der Waals surface area contributed by atoms with Crippen LogP contribution < -0.4 is 25.1 Å². The van der Waals surface area contributed by atoms with Crippen molar-refractivity contribution in [2.75, 3.05) is 16.6 Å². The minimum absolute atomic E-state index is 0.0330. The first-order chi connectivity index (χ1) is 23.4. The summed E-state index contributed by atoms with van der Waals surface area (Å²) in [7, 11) is -4.16. The van der Waals surface area contributed by atoms with E-state index in [0.717, 1.165) is 12.2 Å². The van der Waals surface area contributed by atoms with Crippen LogP contribution in [0.4, 0.5) is 15.8 Å². The first-order valence-electron chi connectivity index (χ1n) is 14.2. The molecule has 260 valence electrons. The van der Waals surface area contributed by atoms with Crippen molar-refractivity contribution in [3.63, 3.8) is 0 Å². The van der Waals surface area contributed by atoms with Gasteiger partial charge in [0, 0.05) is 18.2 Å². The molecule has 0 heterocycles.